The molecule has 0 aliphatic carbocycles. The average Bonchev–Trinajstić information content (AvgIpc) is 2.67. The third kappa shape index (κ3) is 4.99. The first-order chi connectivity index (χ1) is 12.1. The van der Waals surface area contributed by atoms with Crippen molar-refractivity contribution in [1.29, 1.82) is 0 Å². The molecule has 0 radical (unpaired) electrons. The van der Waals surface area contributed by atoms with Crippen LogP contribution in [0.15, 0.2) is 54.6 Å². The molecule has 0 spiro atoms. The summed E-state index contributed by atoms with van der Waals surface area (Å²) in [6.07, 6.45) is 1.39. The van der Waals surface area contributed by atoms with Crippen molar-refractivity contribution in [3.63, 3.8) is 0 Å². The maximum Gasteiger partial charge on any atom is 0.253 e. The van der Waals surface area contributed by atoms with Gasteiger partial charge in [0.05, 0.1) is 0 Å². The number of anilines is 1. The van der Waals surface area contributed by atoms with Crippen LogP contribution in [0.1, 0.15) is 28.8 Å². The third-order valence-corrected chi connectivity index (χ3v) is 4.62. The lowest BCUT2D eigenvalue weighted by Gasteiger charge is -2.31. The number of benzene rings is 2. The van der Waals surface area contributed by atoms with Crippen molar-refractivity contribution >= 4 is 29.9 Å². The summed E-state index contributed by atoms with van der Waals surface area (Å²) < 4.78 is 0. The molecule has 1 fully saturated rings. The van der Waals surface area contributed by atoms with Crippen LogP contribution in [0.4, 0.5) is 5.69 Å². The number of nitrogens with one attached hydrogen (secondary N) is 1. The van der Waals surface area contributed by atoms with Crippen molar-refractivity contribution in [3.8, 4) is 0 Å². The van der Waals surface area contributed by atoms with E-state index < -0.39 is 0 Å². The normalized spacial score (nSPS) is 14.4. The topological polar surface area (TPSA) is 75.4 Å². The smallest absolute Gasteiger partial charge is 0.253 e. The van der Waals surface area contributed by atoms with Crippen LogP contribution >= 0.6 is 12.4 Å². The lowest BCUT2D eigenvalue weighted by molar-refractivity contribution is -0.126. The number of rotatable bonds is 4. The van der Waals surface area contributed by atoms with Gasteiger partial charge in [-0.15, -0.1) is 12.4 Å². The van der Waals surface area contributed by atoms with Gasteiger partial charge in [0.2, 0.25) is 5.91 Å². The first-order valence-electron chi connectivity index (χ1n) is 8.60. The number of carbonyl (C=O) groups excluding carboxylic acids is 2. The zero-order valence-corrected chi connectivity index (χ0v) is 15.4. The summed E-state index contributed by atoms with van der Waals surface area (Å²) in [6, 6.07) is 16.8. The summed E-state index contributed by atoms with van der Waals surface area (Å²) in [4.78, 5) is 26.6. The Morgan fingerprint density at radius 3 is 2.23 bits per heavy atom. The second kappa shape index (κ2) is 9.25. The van der Waals surface area contributed by atoms with Crippen LogP contribution in [0.25, 0.3) is 0 Å². The van der Waals surface area contributed by atoms with E-state index in [9.17, 15) is 9.59 Å². The molecule has 0 bridgehead atoms. The average molecular weight is 374 g/mol. The Hall–Kier alpha value is -2.53. The highest BCUT2D eigenvalue weighted by Crippen LogP contribution is 2.20. The molecule has 3 rings (SSSR count). The van der Waals surface area contributed by atoms with Gasteiger partial charge in [-0.3, -0.25) is 9.59 Å². The molecular weight excluding hydrogens is 350 g/mol. The summed E-state index contributed by atoms with van der Waals surface area (Å²) in [6.45, 7) is 1.75. The Labute approximate surface area is 160 Å². The van der Waals surface area contributed by atoms with Gasteiger partial charge < -0.3 is 16.0 Å². The van der Waals surface area contributed by atoms with Gasteiger partial charge in [-0.2, -0.15) is 0 Å². The molecule has 5 nitrogen and oxygen atoms in total. The Bertz CT molecular complexity index is 726. The van der Waals surface area contributed by atoms with Crippen molar-refractivity contribution in [2.75, 3.05) is 18.8 Å². The Morgan fingerprint density at radius 1 is 1.00 bits per heavy atom. The molecule has 3 N–H and O–H groups in total. The zero-order valence-electron chi connectivity index (χ0n) is 14.6. The highest BCUT2D eigenvalue weighted by Gasteiger charge is 2.27. The van der Waals surface area contributed by atoms with E-state index in [4.69, 9.17) is 5.73 Å². The highest BCUT2D eigenvalue weighted by atomic mass is 35.5. The molecule has 0 aromatic heterocycles. The van der Waals surface area contributed by atoms with Gasteiger partial charge >= 0.3 is 0 Å². The second-order valence-corrected chi connectivity index (χ2v) is 6.39. The molecule has 1 aliphatic rings. The SMILES string of the molecule is Cl.Nc1ccc(C(=O)N2CCC(C(=O)NCc3ccccc3)CC2)cc1. The van der Waals surface area contributed by atoms with Crippen LogP contribution in [0.5, 0.6) is 0 Å². The minimum atomic E-state index is -0.0285. The molecule has 26 heavy (non-hydrogen) atoms. The Morgan fingerprint density at radius 2 is 1.62 bits per heavy atom. The number of hydrogen-bond donors (Lipinski definition) is 2. The fraction of sp³-hybridized carbons (Fsp3) is 0.300. The fourth-order valence-corrected chi connectivity index (χ4v) is 3.08. The van der Waals surface area contributed by atoms with Crippen LogP contribution in [0.2, 0.25) is 0 Å². The largest absolute Gasteiger partial charge is 0.399 e. The minimum absolute atomic E-state index is 0. The number of nitrogen functional groups attached to an aromatic ring is 1. The molecule has 0 atom stereocenters. The molecule has 2 aromatic carbocycles. The number of carbonyl (C=O) groups is 2. The molecule has 0 unspecified atom stereocenters. The van der Waals surface area contributed by atoms with Crippen LogP contribution in [-0.4, -0.2) is 29.8 Å². The number of piperidine rings is 1. The Balaban J connectivity index is 0.00000243. The van der Waals surface area contributed by atoms with Gasteiger partial charge in [-0.25, -0.2) is 0 Å². The van der Waals surface area contributed by atoms with E-state index in [-0.39, 0.29) is 30.1 Å². The number of nitrogens with zero attached hydrogens (tertiary/aromatic N) is 1. The van der Waals surface area contributed by atoms with E-state index in [2.05, 4.69) is 5.32 Å². The molecule has 1 heterocycles. The quantitative estimate of drug-likeness (QED) is 0.809. The van der Waals surface area contributed by atoms with Crippen molar-refractivity contribution < 1.29 is 9.59 Å². The first kappa shape index (κ1) is 19.8. The minimum Gasteiger partial charge on any atom is -0.399 e. The summed E-state index contributed by atoms with van der Waals surface area (Å²) in [5.41, 5.74) is 8.03. The second-order valence-electron chi connectivity index (χ2n) is 6.39. The predicted octanol–water partition coefficient (Wildman–Crippen LogP) is 2.86. The number of nitrogens with two attached hydrogens (primary N) is 1. The van der Waals surface area contributed by atoms with Gasteiger partial charge in [-0.1, -0.05) is 30.3 Å². The highest BCUT2D eigenvalue weighted by molar-refractivity contribution is 5.94. The van der Waals surface area contributed by atoms with E-state index in [1.807, 2.05) is 35.2 Å². The molecule has 1 aliphatic heterocycles. The van der Waals surface area contributed by atoms with Crippen LogP contribution in [-0.2, 0) is 11.3 Å². The molecule has 2 aromatic rings. The van der Waals surface area contributed by atoms with E-state index in [1.54, 1.807) is 24.3 Å². The van der Waals surface area contributed by atoms with Gasteiger partial charge in [0.15, 0.2) is 0 Å². The van der Waals surface area contributed by atoms with Gasteiger partial charge in [-0.05, 0) is 42.7 Å². The number of amides is 2. The lowest BCUT2D eigenvalue weighted by atomic mass is 9.95. The molecule has 1 saturated heterocycles. The molecular formula is C20H24ClN3O2. The third-order valence-electron chi connectivity index (χ3n) is 4.62. The number of halogens is 1. The van der Waals surface area contributed by atoms with Crippen molar-refractivity contribution in [1.82, 2.24) is 10.2 Å². The zero-order chi connectivity index (χ0) is 17.6. The molecule has 6 heteroatoms. The first-order valence-corrected chi connectivity index (χ1v) is 8.60. The summed E-state index contributed by atoms with van der Waals surface area (Å²) in [7, 11) is 0. The summed E-state index contributed by atoms with van der Waals surface area (Å²) in [5.74, 6) is 0.0470. The van der Waals surface area contributed by atoms with Crippen LogP contribution < -0.4 is 11.1 Å². The summed E-state index contributed by atoms with van der Waals surface area (Å²) in [5, 5.41) is 2.99. The molecule has 2 amide bonds. The van der Waals surface area contributed by atoms with Crippen molar-refractivity contribution in [3.05, 3.63) is 65.7 Å². The van der Waals surface area contributed by atoms with E-state index >= 15 is 0 Å². The van der Waals surface area contributed by atoms with Crippen LogP contribution in [0, 0.1) is 5.92 Å². The number of hydrogen-bond acceptors (Lipinski definition) is 3. The fourth-order valence-electron chi connectivity index (χ4n) is 3.08. The van der Waals surface area contributed by atoms with Gasteiger partial charge in [0, 0.05) is 36.8 Å². The maximum atomic E-state index is 12.5. The predicted molar refractivity (Wildman–Crippen MR) is 105 cm³/mol. The van der Waals surface area contributed by atoms with Crippen LogP contribution in [0.3, 0.4) is 0 Å². The lowest BCUT2D eigenvalue weighted by Crippen LogP contribution is -2.42. The van der Waals surface area contributed by atoms with Crippen molar-refractivity contribution in [2.45, 2.75) is 19.4 Å². The Kier molecular flexibility index (Phi) is 7.04. The maximum absolute atomic E-state index is 12.5. The van der Waals surface area contributed by atoms with Gasteiger partial charge in [0.25, 0.3) is 5.91 Å². The monoisotopic (exact) mass is 373 g/mol. The van der Waals surface area contributed by atoms with Crippen molar-refractivity contribution in [2.24, 2.45) is 5.92 Å². The van der Waals surface area contributed by atoms with E-state index in [0.717, 1.165) is 5.56 Å². The van der Waals surface area contributed by atoms with Gasteiger partial charge in [0.1, 0.15) is 0 Å². The van der Waals surface area contributed by atoms with E-state index in [0.29, 0.717) is 43.7 Å². The summed E-state index contributed by atoms with van der Waals surface area (Å²) >= 11 is 0. The molecule has 138 valence electrons. The number of likely N-dealkylation sites (tertiary alicyclic amines) is 1. The van der Waals surface area contributed by atoms with E-state index in [1.165, 1.54) is 0 Å². The standard InChI is InChI=1S/C20H23N3O2.ClH/c21-18-8-6-17(7-9-18)20(25)23-12-10-16(11-13-23)19(24)22-14-15-4-2-1-3-5-15;/h1-9,16H,10-14,21H2,(H,22,24);1H. The molecule has 0 saturated carbocycles.